The molecular weight excluding hydrogens is 312 g/mol. The van der Waals surface area contributed by atoms with E-state index >= 15 is 0 Å². The molecular formula is C13H17BrN2O3. The molecule has 0 fully saturated rings. The molecule has 0 spiro atoms. The van der Waals surface area contributed by atoms with Crippen LogP contribution in [0.5, 0.6) is 0 Å². The molecule has 0 saturated heterocycles. The number of alkyl halides is 1. The summed E-state index contributed by atoms with van der Waals surface area (Å²) in [7, 11) is 0. The Morgan fingerprint density at radius 2 is 2.11 bits per heavy atom. The molecule has 1 unspecified atom stereocenters. The van der Waals surface area contributed by atoms with Crippen LogP contribution in [0.2, 0.25) is 0 Å². The molecule has 0 aliphatic heterocycles. The van der Waals surface area contributed by atoms with Gasteiger partial charge in [-0.2, -0.15) is 0 Å². The summed E-state index contributed by atoms with van der Waals surface area (Å²) in [5.41, 5.74) is 0.459. The van der Waals surface area contributed by atoms with Crippen molar-refractivity contribution in [3.8, 4) is 0 Å². The van der Waals surface area contributed by atoms with Crippen molar-refractivity contribution in [1.82, 2.24) is 5.32 Å². The van der Waals surface area contributed by atoms with E-state index in [-0.39, 0.29) is 16.1 Å². The van der Waals surface area contributed by atoms with Crippen molar-refractivity contribution in [3.05, 3.63) is 39.4 Å². The Morgan fingerprint density at radius 3 is 2.63 bits per heavy atom. The Kier molecular flexibility index (Phi) is 5.47. The Bertz CT molecular complexity index is 489. The van der Waals surface area contributed by atoms with Gasteiger partial charge in [0, 0.05) is 16.9 Å². The number of para-hydroxylation sites is 1. The number of hydrogen-bond donors (Lipinski definition) is 1. The molecule has 104 valence electrons. The third kappa shape index (κ3) is 4.02. The summed E-state index contributed by atoms with van der Waals surface area (Å²) in [6, 6.07) is 4.74. The van der Waals surface area contributed by atoms with Gasteiger partial charge in [0.1, 0.15) is 5.56 Å². The topological polar surface area (TPSA) is 72.2 Å². The number of nitro benzene ring substituents is 1. The van der Waals surface area contributed by atoms with Crippen LogP contribution in [0.1, 0.15) is 29.8 Å². The van der Waals surface area contributed by atoms with Gasteiger partial charge in [0.2, 0.25) is 0 Å². The Morgan fingerprint density at radius 1 is 1.47 bits per heavy atom. The second kappa shape index (κ2) is 6.65. The highest BCUT2D eigenvalue weighted by Gasteiger charge is 2.22. The number of carbonyl (C=O) groups is 1. The summed E-state index contributed by atoms with van der Waals surface area (Å²) in [5, 5.41) is 13.7. The van der Waals surface area contributed by atoms with Gasteiger partial charge >= 0.3 is 0 Å². The molecule has 0 saturated carbocycles. The molecule has 0 aliphatic rings. The maximum absolute atomic E-state index is 12.0. The minimum atomic E-state index is -0.516. The standard InChI is InChI=1S/C13H17BrN2O3/c1-8(2)11(14)7-15-13(17)10-6-4-5-9(3)12(10)16(18)19/h4-6,8,11H,7H2,1-3H3,(H,15,17). The van der Waals surface area contributed by atoms with Gasteiger partial charge in [-0.15, -0.1) is 0 Å². The highest BCUT2D eigenvalue weighted by atomic mass is 79.9. The van der Waals surface area contributed by atoms with Crippen LogP contribution < -0.4 is 5.32 Å². The molecule has 5 nitrogen and oxygen atoms in total. The van der Waals surface area contributed by atoms with Crippen LogP contribution in [0, 0.1) is 23.0 Å². The van der Waals surface area contributed by atoms with Crippen molar-refractivity contribution in [2.75, 3.05) is 6.54 Å². The largest absolute Gasteiger partial charge is 0.351 e. The molecule has 19 heavy (non-hydrogen) atoms. The van der Waals surface area contributed by atoms with Crippen molar-refractivity contribution in [3.63, 3.8) is 0 Å². The first-order chi connectivity index (χ1) is 8.84. The lowest BCUT2D eigenvalue weighted by atomic mass is 10.1. The molecule has 0 aromatic heterocycles. The van der Waals surface area contributed by atoms with Gasteiger partial charge in [-0.05, 0) is 18.9 Å². The zero-order valence-electron chi connectivity index (χ0n) is 11.1. The number of amides is 1. The number of nitrogens with one attached hydrogen (secondary N) is 1. The predicted molar refractivity (Wildman–Crippen MR) is 77.7 cm³/mol. The highest BCUT2D eigenvalue weighted by molar-refractivity contribution is 9.09. The summed E-state index contributed by atoms with van der Waals surface area (Å²) in [6.07, 6.45) is 0. The second-order valence-electron chi connectivity index (χ2n) is 4.70. The Labute approximate surface area is 120 Å². The van der Waals surface area contributed by atoms with E-state index < -0.39 is 10.8 Å². The zero-order chi connectivity index (χ0) is 14.6. The summed E-state index contributed by atoms with van der Waals surface area (Å²) in [5.74, 6) is -0.0479. The molecule has 1 amide bonds. The molecule has 0 aliphatic carbocycles. The van der Waals surface area contributed by atoms with Gasteiger partial charge in [-0.3, -0.25) is 14.9 Å². The normalized spacial score (nSPS) is 12.3. The fourth-order valence-electron chi connectivity index (χ4n) is 1.61. The van der Waals surface area contributed by atoms with Gasteiger partial charge < -0.3 is 5.32 Å². The zero-order valence-corrected chi connectivity index (χ0v) is 12.7. The molecule has 1 aromatic rings. The number of rotatable bonds is 5. The van der Waals surface area contributed by atoms with Crippen molar-refractivity contribution in [1.29, 1.82) is 0 Å². The van der Waals surface area contributed by atoms with Crippen molar-refractivity contribution >= 4 is 27.5 Å². The van der Waals surface area contributed by atoms with Crippen molar-refractivity contribution < 1.29 is 9.72 Å². The van der Waals surface area contributed by atoms with Gasteiger partial charge in [-0.25, -0.2) is 0 Å². The number of carbonyl (C=O) groups excluding carboxylic acids is 1. The maximum Gasteiger partial charge on any atom is 0.285 e. The molecule has 0 radical (unpaired) electrons. The number of nitro groups is 1. The van der Waals surface area contributed by atoms with Gasteiger partial charge in [0.05, 0.1) is 4.92 Å². The summed E-state index contributed by atoms with van der Waals surface area (Å²) >= 11 is 3.46. The van der Waals surface area contributed by atoms with Crippen LogP contribution in [0.4, 0.5) is 5.69 Å². The average Bonchev–Trinajstić information content (AvgIpc) is 2.34. The van der Waals surface area contributed by atoms with E-state index in [0.29, 0.717) is 18.0 Å². The molecule has 6 heteroatoms. The summed E-state index contributed by atoms with van der Waals surface area (Å²) in [6.45, 7) is 6.11. The van der Waals surface area contributed by atoms with E-state index in [1.165, 1.54) is 6.07 Å². The molecule has 0 heterocycles. The van der Waals surface area contributed by atoms with E-state index in [1.54, 1.807) is 19.1 Å². The third-order valence-corrected chi connectivity index (χ3v) is 4.23. The van der Waals surface area contributed by atoms with Crippen LogP contribution in [0.3, 0.4) is 0 Å². The van der Waals surface area contributed by atoms with Gasteiger partial charge in [0.25, 0.3) is 11.6 Å². The number of benzene rings is 1. The molecule has 1 aromatic carbocycles. The lowest BCUT2D eigenvalue weighted by Gasteiger charge is -2.14. The van der Waals surface area contributed by atoms with Crippen LogP contribution in [0.25, 0.3) is 0 Å². The lowest BCUT2D eigenvalue weighted by molar-refractivity contribution is -0.385. The maximum atomic E-state index is 12.0. The summed E-state index contributed by atoms with van der Waals surface area (Å²) in [4.78, 5) is 22.6. The molecule has 1 atom stereocenters. The average molecular weight is 329 g/mol. The van der Waals surface area contributed by atoms with Gasteiger partial charge in [-0.1, -0.05) is 41.9 Å². The molecule has 1 rings (SSSR count). The minimum absolute atomic E-state index is 0.105. The Hall–Kier alpha value is -1.43. The van der Waals surface area contributed by atoms with E-state index in [9.17, 15) is 14.9 Å². The van der Waals surface area contributed by atoms with Gasteiger partial charge in [0.15, 0.2) is 0 Å². The number of halogens is 1. The molecule has 1 N–H and O–H groups in total. The number of nitrogens with zero attached hydrogens (tertiary/aromatic N) is 1. The summed E-state index contributed by atoms with van der Waals surface area (Å²) < 4.78 is 0. The smallest absolute Gasteiger partial charge is 0.285 e. The third-order valence-electron chi connectivity index (χ3n) is 2.85. The number of aryl methyl sites for hydroxylation is 1. The van der Waals surface area contributed by atoms with Crippen molar-refractivity contribution in [2.45, 2.75) is 25.6 Å². The van der Waals surface area contributed by atoms with E-state index in [0.717, 1.165) is 0 Å². The van der Waals surface area contributed by atoms with E-state index in [4.69, 9.17) is 0 Å². The van der Waals surface area contributed by atoms with E-state index in [1.807, 2.05) is 13.8 Å². The SMILES string of the molecule is Cc1cccc(C(=O)NCC(Br)C(C)C)c1[N+](=O)[O-]. The number of hydrogen-bond acceptors (Lipinski definition) is 3. The minimum Gasteiger partial charge on any atom is -0.351 e. The Balaban J connectivity index is 2.89. The van der Waals surface area contributed by atoms with Crippen LogP contribution >= 0.6 is 15.9 Å². The highest BCUT2D eigenvalue weighted by Crippen LogP contribution is 2.23. The second-order valence-corrected chi connectivity index (χ2v) is 5.87. The molecule has 0 bridgehead atoms. The first kappa shape index (κ1) is 15.6. The quantitative estimate of drug-likeness (QED) is 0.513. The van der Waals surface area contributed by atoms with E-state index in [2.05, 4.69) is 21.2 Å². The first-order valence-electron chi connectivity index (χ1n) is 6.00. The fraction of sp³-hybridized carbons (Fsp3) is 0.462. The van der Waals surface area contributed by atoms with Crippen molar-refractivity contribution in [2.24, 2.45) is 5.92 Å². The van der Waals surface area contributed by atoms with Crippen LogP contribution in [-0.2, 0) is 0 Å². The predicted octanol–water partition coefficient (Wildman–Crippen LogP) is 3.05. The fourth-order valence-corrected chi connectivity index (χ4v) is 1.77. The van der Waals surface area contributed by atoms with Crippen LogP contribution in [-0.4, -0.2) is 22.2 Å². The lowest BCUT2D eigenvalue weighted by Crippen LogP contribution is -2.32. The monoisotopic (exact) mass is 328 g/mol. The van der Waals surface area contributed by atoms with Crippen LogP contribution in [0.15, 0.2) is 18.2 Å². The first-order valence-corrected chi connectivity index (χ1v) is 6.92.